The maximum Gasteiger partial charge on any atom is 0.108 e. The van der Waals surface area contributed by atoms with Gasteiger partial charge in [0, 0.05) is 17.1 Å². The average Bonchev–Trinajstić information content (AvgIpc) is 2.55. The van der Waals surface area contributed by atoms with Gasteiger partial charge in [0.1, 0.15) is 4.99 Å². The molecule has 4 nitrogen and oxygen atoms in total. The molecule has 0 aromatic carbocycles. The summed E-state index contributed by atoms with van der Waals surface area (Å²) in [6.07, 6.45) is 0. The van der Waals surface area contributed by atoms with Crippen molar-refractivity contribution < 1.29 is 0 Å². The molecule has 0 amide bonds. The Kier molecular flexibility index (Phi) is 3.41. The van der Waals surface area contributed by atoms with E-state index in [4.69, 9.17) is 18.0 Å². The topological polar surface area (TPSA) is 56.7 Å². The minimum Gasteiger partial charge on any atom is -0.389 e. The van der Waals surface area contributed by atoms with Gasteiger partial charge in [0.15, 0.2) is 0 Å². The van der Waals surface area contributed by atoms with E-state index in [0.717, 1.165) is 34.0 Å². The van der Waals surface area contributed by atoms with Crippen molar-refractivity contribution in [2.75, 3.05) is 0 Å². The fourth-order valence-electron chi connectivity index (χ4n) is 2.23. The van der Waals surface area contributed by atoms with Crippen molar-refractivity contribution in [1.29, 1.82) is 0 Å². The lowest BCUT2D eigenvalue weighted by Gasteiger charge is -2.13. The predicted molar refractivity (Wildman–Crippen MR) is 80.9 cm³/mol. The molecule has 0 unspecified atom stereocenters. The molecular weight excluding hydrogens is 256 g/mol. The molecule has 0 radical (unpaired) electrons. The Balaban J connectivity index is 2.81. The quantitative estimate of drug-likeness (QED) is 0.855. The fraction of sp³-hybridized carbons (Fsp3) is 0.357. The molecular formula is C14H18N4S. The first-order chi connectivity index (χ1) is 8.82. The third-order valence-electron chi connectivity index (χ3n) is 3.44. The molecule has 100 valence electrons. The first kappa shape index (κ1) is 13.7. The van der Waals surface area contributed by atoms with Crippen LogP contribution in [0.25, 0.3) is 5.69 Å². The summed E-state index contributed by atoms with van der Waals surface area (Å²) in [6, 6.07) is 1.97. The largest absolute Gasteiger partial charge is 0.389 e. The number of nitrogens with zero attached hydrogens (tertiary/aromatic N) is 3. The number of pyridine rings is 1. The molecule has 2 rings (SSSR count). The fourth-order valence-corrected chi connectivity index (χ4v) is 2.49. The molecule has 19 heavy (non-hydrogen) atoms. The number of hydrogen-bond donors (Lipinski definition) is 1. The lowest BCUT2D eigenvalue weighted by Crippen LogP contribution is -2.18. The minimum atomic E-state index is 0.352. The molecule has 0 bridgehead atoms. The highest BCUT2D eigenvalue weighted by Crippen LogP contribution is 2.22. The van der Waals surface area contributed by atoms with Crippen LogP contribution in [0.3, 0.4) is 0 Å². The van der Waals surface area contributed by atoms with Gasteiger partial charge < -0.3 is 5.73 Å². The molecule has 0 aliphatic rings. The van der Waals surface area contributed by atoms with E-state index in [9.17, 15) is 0 Å². The van der Waals surface area contributed by atoms with Crippen LogP contribution in [0.4, 0.5) is 0 Å². The van der Waals surface area contributed by atoms with Gasteiger partial charge in [-0.05, 0) is 46.2 Å². The van der Waals surface area contributed by atoms with E-state index in [1.807, 2.05) is 38.4 Å². The lowest BCUT2D eigenvalue weighted by molar-refractivity contribution is 0.824. The van der Waals surface area contributed by atoms with Crippen molar-refractivity contribution in [3.8, 4) is 5.69 Å². The molecule has 0 spiro atoms. The van der Waals surface area contributed by atoms with E-state index in [0.29, 0.717) is 4.99 Å². The standard InChI is InChI=1S/C14H18N4S/c1-7-6-12(13(14(15)19)10(4)16-7)18-11(5)8(2)9(3)17-18/h6H,1-5H3,(H2,15,19). The summed E-state index contributed by atoms with van der Waals surface area (Å²) >= 11 is 5.16. The maximum atomic E-state index is 5.85. The Hall–Kier alpha value is -1.75. The first-order valence-electron chi connectivity index (χ1n) is 6.14. The number of hydrogen-bond acceptors (Lipinski definition) is 3. The van der Waals surface area contributed by atoms with E-state index in [1.165, 1.54) is 5.56 Å². The van der Waals surface area contributed by atoms with Crippen LogP contribution in [0, 0.1) is 34.6 Å². The second-order valence-corrected chi connectivity index (χ2v) is 5.25. The molecule has 0 atom stereocenters. The van der Waals surface area contributed by atoms with Crippen molar-refractivity contribution in [2.24, 2.45) is 5.73 Å². The molecule has 2 aromatic heterocycles. The molecule has 2 heterocycles. The third-order valence-corrected chi connectivity index (χ3v) is 3.64. The van der Waals surface area contributed by atoms with Crippen LogP contribution in [-0.2, 0) is 0 Å². The Morgan fingerprint density at radius 2 is 1.79 bits per heavy atom. The van der Waals surface area contributed by atoms with E-state index in [2.05, 4.69) is 17.0 Å². The molecule has 0 saturated heterocycles. The van der Waals surface area contributed by atoms with Crippen LogP contribution < -0.4 is 5.73 Å². The molecule has 0 fully saturated rings. The summed E-state index contributed by atoms with van der Waals surface area (Å²) in [5.74, 6) is 0. The summed E-state index contributed by atoms with van der Waals surface area (Å²) in [7, 11) is 0. The van der Waals surface area contributed by atoms with E-state index < -0.39 is 0 Å². The molecule has 0 aliphatic heterocycles. The van der Waals surface area contributed by atoms with Crippen molar-refractivity contribution in [3.63, 3.8) is 0 Å². The van der Waals surface area contributed by atoms with Gasteiger partial charge >= 0.3 is 0 Å². The summed E-state index contributed by atoms with van der Waals surface area (Å²) in [5, 5.41) is 4.58. The average molecular weight is 274 g/mol. The molecule has 5 heteroatoms. The van der Waals surface area contributed by atoms with Crippen molar-refractivity contribution in [3.05, 3.63) is 40.0 Å². The zero-order valence-corrected chi connectivity index (χ0v) is 12.7. The Bertz CT molecular complexity index is 671. The second-order valence-electron chi connectivity index (χ2n) is 4.82. The van der Waals surface area contributed by atoms with E-state index in [-0.39, 0.29) is 0 Å². The normalized spacial score (nSPS) is 10.8. The van der Waals surface area contributed by atoms with Crippen LogP contribution >= 0.6 is 12.2 Å². The zero-order valence-electron chi connectivity index (χ0n) is 11.9. The lowest BCUT2D eigenvalue weighted by atomic mass is 10.1. The number of rotatable bonds is 2. The highest BCUT2D eigenvalue weighted by atomic mass is 32.1. The van der Waals surface area contributed by atoms with Crippen molar-refractivity contribution >= 4 is 17.2 Å². The number of aromatic nitrogens is 3. The minimum absolute atomic E-state index is 0.352. The van der Waals surface area contributed by atoms with Crippen molar-refractivity contribution in [2.45, 2.75) is 34.6 Å². The van der Waals surface area contributed by atoms with E-state index in [1.54, 1.807) is 0 Å². The summed E-state index contributed by atoms with van der Waals surface area (Å²) in [4.78, 5) is 4.78. The SMILES string of the molecule is Cc1cc(-n2nc(C)c(C)c2C)c(C(N)=S)c(C)n1. The van der Waals surface area contributed by atoms with Gasteiger partial charge in [-0.3, -0.25) is 4.98 Å². The van der Waals surface area contributed by atoms with Crippen LogP contribution in [0.15, 0.2) is 6.07 Å². The highest BCUT2D eigenvalue weighted by Gasteiger charge is 2.16. The van der Waals surface area contributed by atoms with Gasteiger partial charge in [-0.1, -0.05) is 12.2 Å². The molecule has 2 aromatic rings. The Labute approximate surface area is 118 Å². The smallest absolute Gasteiger partial charge is 0.108 e. The van der Waals surface area contributed by atoms with Gasteiger partial charge in [-0.25, -0.2) is 4.68 Å². The van der Waals surface area contributed by atoms with Crippen molar-refractivity contribution in [1.82, 2.24) is 14.8 Å². The Morgan fingerprint density at radius 3 is 2.26 bits per heavy atom. The summed E-state index contributed by atoms with van der Waals surface area (Å²) < 4.78 is 1.90. The third kappa shape index (κ3) is 2.26. The summed E-state index contributed by atoms with van der Waals surface area (Å²) in [6.45, 7) is 9.99. The Morgan fingerprint density at radius 1 is 1.16 bits per heavy atom. The zero-order chi connectivity index (χ0) is 14.3. The first-order valence-corrected chi connectivity index (χ1v) is 6.55. The van der Waals surface area contributed by atoms with Gasteiger partial charge in [-0.15, -0.1) is 0 Å². The number of thiocarbonyl (C=S) groups is 1. The van der Waals surface area contributed by atoms with E-state index >= 15 is 0 Å². The van der Waals surface area contributed by atoms with Gasteiger partial charge in [0.05, 0.1) is 16.9 Å². The predicted octanol–water partition coefficient (Wildman–Crippen LogP) is 2.44. The monoisotopic (exact) mass is 274 g/mol. The van der Waals surface area contributed by atoms with Crippen LogP contribution in [0.5, 0.6) is 0 Å². The highest BCUT2D eigenvalue weighted by molar-refractivity contribution is 7.80. The van der Waals surface area contributed by atoms with Gasteiger partial charge in [0.25, 0.3) is 0 Å². The maximum absolute atomic E-state index is 5.85. The van der Waals surface area contributed by atoms with Crippen LogP contribution in [-0.4, -0.2) is 19.8 Å². The van der Waals surface area contributed by atoms with Gasteiger partial charge in [0.2, 0.25) is 0 Å². The van der Waals surface area contributed by atoms with Crippen LogP contribution in [0.2, 0.25) is 0 Å². The summed E-state index contributed by atoms with van der Waals surface area (Å²) in [5.41, 5.74) is 12.6. The second kappa shape index (κ2) is 4.74. The van der Waals surface area contributed by atoms with Gasteiger partial charge in [-0.2, -0.15) is 5.10 Å². The number of nitrogens with two attached hydrogens (primary N) is 1. The molecule has 2 N–H and O–H groups in total. The number of aryl methyl sites for hydroxylation is 3. The molecule has 0 saturated carbocycles. The molecule has 0 aliphatic carbocycles. The van der Waals surface area contributed by atoms with Crippen LogP contribution in [0.1, 0.15) is 33.9 Å².